The summed E-state index contributed by atoms with van der Waals surface area (Å²) in [7, 11) is 4.15. The molecule has 0 amide bonds. The molecule has 0 aliphatic carbocycles. The van der Waals surface area contributed by atoms with Crippen LogP contribution in [0.1, 0.15) is 12.8 Å². The molecule has 2 aromatic carbocycles. The average Bonchev–Trinajstić information content (AvgIpc) is 2.67. The third kappa shape index (κ3) is 3.10. The van der Waals surface area contributed by atoms with Crippen molar-refractivity contribution in [1.29, 1.82) is 0 Å². The average molecular weight is 347 g/mol. The second-order valence-corrected chi connectivity index (χ2v) is 7.14. The maximum atomic E-state index is 6.03. The van der Waals surface area contributed by atoms with Gasteiger partial charge >= 0.3 is 0 Å². The van der Waals surface area contributed by atoms with E-state index in [4.69, 9.17) is 10.7 Å². The minimum atomic E-state index is 0.303. The van der Waals surface area contributed by atoms with Crippen molar-refractivity contribution in [1.82, 2.24) is 9.97 Å². The molecule has 134 valence electrons. The summed E-state index contributed by atoms with van der Waals surface area (Å²) in [4.78, 5) is 13.8. The maximum Gasteiger partial charge on any atom is 0.225 e. The van der Waals surface area contributed by atoms with Crippen LogP contribution in [0.5, 0.6) is 0 Å². The highest BCUT2D eigenvalue weighted by Gasteiger charge is 2.19. The summed E-state index contributed by atoms with van der Waals surface area (Å²) in [6.07, 6.45) is 3.85. The van der Waals surface area contributed by atoms with E-state index in [1.165, 1.54) is 16.5 Å². The number of anilines is 2. The molecule has 0 radical (unpaired) electrons. The minimum absolute atomic E-state index is 0.303. The van der Waals surface area contributed by atoms with Gasteiger partial charge in [-0.3, -0.25) is 0 Å². The number of nitrogens with two attached hydrogens (primary N) is 1. The van der Waals surface area contributed by atoms with E-state index in [2.05, 4.69) is 65.3 Å². The standard InChI is InChI=1S/C21H25N5/c1-25(2)20-8-4-5-16-17(6-3-7-18(16)20)19-9-12-23-21(24-19)26-13-10-15(22)11-14-26/h3-9,12,15H,10-11,13-14,22H2,1-2H3. The summed E-state index contributed by atoms with van der Waals surface area (Å²) in [5.74, 6) is 0.801. The van der Waals surface area contributed by atoms with Gasteiger partial charge < -0.3 is 15.5 Å². The minimum Gasteiger partial charge on any atom is -0.377 e. The smallest absolute Gasteiger partial charge is 0.225 e. The van der Waals surface area contributed by atoms with Crippen LogP contribution in [0.2, 0.25) is 0 Å². The summed E-state index contributed by atoms with van der Waals surface area (Å²) in [6.45, 7) is 1.84. The first kappa shape index (κ1) is 16.8. The molecule has 2 N–H and O–H groups in total. The monoisotopic (exact) mass is 347 g/mol. The van der Waals surface area contributed by atoms with Gasteiger partial charge in [0.05, 0.1) is 5.69 Å². The molecule has 3 aromatic rings. The van der Waals surface area contributed by atoms with Crippen molar-refractivity contribution in [3.8, 4) is 11.3 Å². The van der Waals surface area contributed by atoms with Crippen molar-refractivity contribution in [3.05, 3.63) is 48.7 Å². The van der Waals surface area contributed by atoms with E-state index in [0.717, 1.165) is 43.1 Å². The van der Waals surface area contributed by atoms with E-state index < -0.39 is 0 Å². The Hall–Kier alpha value is -2.66. The van der Waals surface area contributed by atoms with Crippen LogP contribution < -0.4 is 15.5 Å². The van der Waals surface area contributed by atoms with E-state index in [0.29, 0.717) is 6.04 Å². The van der Waals surface area contributed by atoms with E-state index in [9.17, 15) is 0 Å². The fraction of sp³-hybridized carbons (Fsp3) is 0.333. The molecule has 1 aliphatic rings. The van der Waals surface area contributed by atoms with Gasteiger partial charge in [-0.05, 0) is 30.4 Å². The highest BCUT2D eigenvalue weighted by molar-refractivity contribution is 6.02. The molecule has 1 aliphatic heterocycles. The molecule has 1 aromatic heterocycles. The Morgan fingerprint density at radius 3 is 2.50 bits per heavy atom. The Morgan fingerprint density at radius 1 is 1.00 bits per heavy atom. The van der Waals surface area contributed by atoms with Crippen molar-refractivity contribution in [2.24, 2.45) is 5.73 Å². The second kappa shape index (κ2) is 6.92. The van der Waals surface area contributed by atoms with E-state index in [1.54, 1.807) is 0 Å². The van der Waals surface area contributed by atoms with Gasteiger partial charge in [-0.25, -0.2) is 9.97 Å². The lowest BCUT2D eigenvalue weighted by Gasteiger charge is -2.30. The van der Waals surface area contributed by atoms with Gasteiger partial charge in [0, 0.05) is 56.1 Å². The van der Waals surface area contributed by atoms with Gasteiger partial charge in [0.1, 0.15) is 0 Å². The molecule has 1 fully saturated rings. The zero-order valence-electron chi connectivity index (χ0n) is 15.4. The number of benzene rings is 2. The largest absolute Gasteiger partial charge is 0.377 e. The third-order valence-electron chi connectivity index (χ3n) is 5.12. The van der Waals surface area contributed by atoms with Crippen LogP contribution in [0.4, 0.5) is 11.6 Å². The molecule has 0 unspecified atom stereocenters. The van der Waals surface area contributed by atoms with E-state index in [1.807, 2.05) is 12.3 Å². The quantitative estimate of drug-likeness (QED) is 0.788. The van der Waals surface area contributed by atoms with E-state index in [-0.39, 0.29) is 0 Å². The first-order valence-corrected chi connectivity index (χ1v) is 9.16. The molecule has 26 heavy (non-hydrogen) atoms. The van der Waals surface area contributed by atoms with Crippen LogP contribution in [0.3, 0.4) is 0 Å². The highest BCUT2D eigenvalue weighted by atomic mass is 15.3. The molecule has 0 saturated carbocycles. The molecule has 4 rings (SSSR count). The van der Waals surface area contributed by atoms with Crippen molar-refractivity contribution in [3.63, 3.8) is 0 Å². The maximum absolute atomic E-state index is 6.03. The fourth-order valence-electron chi connectivity index (χ4n) is 3.66. The number of fused-ring (bicyclic) bond motifs is 1. The second-order valence-electron chi connectivity index (χ2n) is 7.14. The number of hydrogen-bond acceptors (Lipinski definition) is 5. The van der Waals surface area contributed by atoms with Gasteiger partial charge in [-0.15, -0.1) is 0 Å². The lowest BCUT2D eigenvalue weighted by atomic mass is 10.0. The molecule has 5 nitrogen and oxygen atoms in total. The summed E-state index contributed by atoms with van der Waals surface area (Å²) in [5, 5.41) is 2.45. The summed E-state index contributed by atoms with van der Waals surface area (Å²) in [5.41, 5.74) is 9.34. The number of nitrogens with zero attached hydrogens (tertiary/aromatic N) is 4. The number of piperidine rings is 1. The summed E-state index contributed by atoms with van der Waals surface area (Å²) >= 11 is 0. The van der Waals surface area contributed by atoms with E-state index >= 15 is 0 Å². The molecule has 0 spiro atoms. The van der Waals surface area contributed by atoms with Crippen LogP contribution in [-0.4, -0.2) is 43.2 Å². The summed E-state index contributed by atoms with van der Waals surface area (Å²) < 4.78 is 0. The van der Waals surface area contributed by atoms with Crippen molar-refractivity contribution >= 4 is 22.4 Å². The molecule has 5 heteroatoms. The SMILES string of the molecule is CN(C)c1cccc2c(-c3ccnc(N4CCC(N)CC4)n3)cccc12. The first-order valence-electron chi connectivity index (χ1n) is 9.16. The number of rotatable bonds is 3. The zero-order chi connectivity index (χ0) is 18.1. The van der Waals surface area contributed by atoms with Gasteiger partial charge in [0.2, 0.25) is 5.95 Å². The number of hydrogen-bond donors (Lipinski definition) is 1. The Bertz CT molecular complexity index is 913. The van der Waals surface area contributed by atoms with Gasteiger partial charge in [0.25, 0.3) is 0 Å². The Balaban J connectivity index is 1.76. The lowest BCUT2D eigenvalue weighted by molar-refractivity contribution is 0.495. The predicted octanol–water partition coefficient (Wildman–Crippen LogP) is 3.29. The van der Waals surface area contributed by atoms with Gasteiger partial charge in [-0.2, -0.15) is 0 Å². The van der Waals surface area contributed by atoms with Crippen LogP contribution >= 0.6 is 0 Å². The van der Waals surface area contributed by atoms with Crippen LogP contribution in [-0.2, 0) is 0 Å². The molecule has 2 heterocycles. The lowest BCUT2D eigenvalue weighted by Crippen LogP contribution is -2.40. The topological polar surface area (TPSA) is 58.3 Å². The number of aromatic nitrogens is 2. The molecular weight excluding hydrogens is 322 g/mol. The molecule has 0 bridgehead atoms. The molecule has 0 atom stereocenters. The zero-order valence-corrected chi connectivity index (χ0v) is 15.4. The van der Waals surface area contributed by atoms with Gasteiger partial charge in [0.15, 0.2) is 0 Å². The Kier molecular flexibility index (Phi) is 4.47. The Morgan fingerprint density at radius 2 is 1.73 bits per heavy atom. The first-order chi connectivity index (χ1) is 12.6. The van der Waals surface area contributed by atoms with Crippen molar-refractivity contribution < 1.29 is 0 Å². The van der Waals surface area contributed by atoms with Crippen LogP contribution in [0.15, 0.2) is 48.7 Å². The van der Waals surface area contributed by atoms with Crippen molar-refractivity contribution in [2.75, 3.05) is 37.0 Å². The predicted molar refractivity (Wildman–Crippen MR) is 109 cm³/mol. The van der Waals surface area contributed by atoms with Crippen LogP contribution in [0.25, 0.3) is 22.0 Å². The van der Waals surface area contributed by atoms with Crippen LogP contribution in [0, 0.1) is 0 Å². The third-order valence-corrected chi connectivity index (χ3v) is 5.12. The van der Waals surface area contributed by atoms with Crippen molar-refractivity contribution in [2.45, 2.75) is 18.9 Å². The van der Waals surface area contributed by atoms with Gasteiger partial charge in [-0.1, -0.05) is 30.3 Å². The molecule has 1 saturated heterocycles. The Labute approximate surface area is 154 Å². The fourth-order valence-corrected chi connectivity index (χ4v) is 3.66. The highest BCUT2D eigenvalue weighted by Crippen LogP contribution is 2.33. The summed E-state index contributed by atoms with van der Waals surface area (Å²) in [6, 6.07) is 15.1. The molecular formula is C21H25N5. The normalized spacial score (nSPS) is 15.4.